The number of nitrogens with one attached hydrogen (secondary N) is 1. The smallest absolute Gasteiger partial charge is 0.349 e. The Morgan fingerprint density at radius 2 is 1.39 bits per heavy atom. The van der Waals surface area contributed by atoms with Gasteiger partial charge in [0, 0.05) is 62.2 Å². The summed E-state index contributed by atoms with van der Waals surface area (Å²) in [6.45, 7) is 19.2. The molecule has 59 heavy (non-hydrogen) atoms. The minimum atomic E-state index is -3.32. The number of ether oxygens (including phenoxy) is 8. The van der Waals surface area contributed by atoms with E-state index < -0.39 is 122 Å². The van der Waals surface area contributed by atoms with Crippen molar-refractivity contribution in [3.05, 3.63) is 40.2 Å². The van der Waals surface area contributed by atoms with Gasteiger partial charge in [0.05, 0.1) is 6.61 Å². The zero-order valence-electron chi connectivity index (χ0n) is 35.4. The van der Waals surface area contributed by atoms with Gasteiger partial charge in [-0.1, -0.05) is 41.5 Å². The van der Waals surface area contributed by atoms with Gasteiger partial charge < -0.3 is 56.5 Å². The van der Waals surface area contributed by atoms with E-state index in [1.165, 1.54) is 19.1 Å². The molecule has 0 saturated carbocycles. The van der Waals surface area contributed by atoms with Gasteiger partial charge in [0.25, 0.3) is 0 Å². The molecule has 326 valence electrons. The molecule has 0 unspecified atom stereocenters. The van der Waals surface area contributed by atoms with Crippen LogP contribution in [0.25, 0.3) is 11.0 Å². The summed E-state index contributed by atoms with van der Waals surface area (Å²) < 4.78 is 67.8. The molecule has 1 amide bonds. The standard InChI is InChI=1S/C40H55NO17Si/c1-19-15-30(47)54-27-16-25(13-14-26(19)27)53-37-31(41-20(2)42)34(33-29(55-37)18-49-59(58-33,39(7,8)9)40(10,11)12)57-38-36(52-24(6)46)35(51-23(5)45)32(50-22(4)44)28(56-38)17-48-21(3)43/h13-16,28-29,31-38H,17-18H2,1-12H3,(H,41,42)/t28-,29-,31-,32+,33+,34-,35+,36-,37+,38+/m1/s1. The third kappa shape index (κ3) is 10.1. The first kappa shape index (κ1) is 45.7. The van der Waals surface area contributed by atoms with Crippen molar-refractivity contribution in [3.63, 3.8) is 0 Å². The highest BCUT2D eigenvalue weighted by atomic mass is 28.4. The van der Waals surface area contributed by atoms with E-state index in [2.05, 4.69) is 5.32 Å². The SMILES string of the molecule is CC(=O)N[C@H]1[C@@H](Oc2ccc3c(C)cc(=O)oc3c2)O[C@@H]2CO[Si](C(C)(C)C)(C(C)(C)C)O[C@@H]2[C@@H]1O[C@@H]1O[C@H](COC(C)=O)[C@H](OC(C)=O)[C@H](OC(C)=O)[C@H]1OC(C)=O. The van der Waals surface area contributed by atoms with Crippen LogP contribution >= 0.6 is 0 Å². The largest absolute Gasteiger partial charge is 0.463 e. The van der Waals surface area contributed by atoms with Crippen LogP contribution < -0.4 is 15.7 Å². The summed E-state index contributed by atoms with van der Waals surface area (Å²) in [5.74, 6) is -3.45. The van der Waals surface area contributed by atoms with Gasteiger partial charge >= 0.3 is 38.1 Å². The van der Waals surface area contributed by atoms with Gasteiger partial charge in [-0.2, -0.15) is 0 Å². The number of amides is 1. The predicted octanol–water partition coefficient (Wildman–Crippen LogP) is 3.64. The lowest BCUT2D eigenvalue weighted by Crippen LogP contribution is -2.75. The minimum Gasteiger partial charge on any atom is -0.463 e. The predicted molar refractivity (Wildman–Crippen MR) is 207 cm³/mol. The fourth-order valence-electron chi connectivity index (χ4n) is 8.13. The van der Waals surface area contributed by atoms with Crippen LogP contribution in [0.15, 0.2) is 33.5 Å². The molecule has 0 aliphatic carbocycles. The van der Waals surface area contributed by atoms with Crippen molar-refractivity contribution in [1.82, 2.24) is 5.32 Å². The van der Waals surface area contributed by atoms with Crippen molar-refractivity contribution >= 4 is 49.3 Å². The number of carbonyl (C=O) groups excluding carboxylic acids is 5. The van der Waals surface area contributed by atoms with Crippen LogP contribution in [-0.4, -0.2) is 113 Å². The highest BCUT2D eigenvalue weighted by Crippen LogP contribution is 2.55. The molecule has 2 aromatic rings. The quantitative estimate of drug-likeness (QED) is 0.156. The third-order valence-electron chi connectivity index (χ3n) is 10.2. The van der Waals surface area contributed by atoms with Crippen LogP contribution in [0.2, 0.25) is 10.1 Å². The maximum absolute atomic E-state index is 13.1. The lowest BCUT2D eigenvalue weighted by atomic mass is 9.95. The Balaban J connectivity index is 1.66. The average molecular weight is 850 g/mol. The molecule has 5 rings (SSSR count). The zero-order chi connectivity index (χ0) is 43.8. The van der Waals surface area contributed by atoms with E-state index in [-0.39, 0.29) is 17.9 Å². The Morgan fingerprint density at radius 3 is 1.97 bits per heavy atom. The van der Waals surface area contributed by atoms with Gasteiger partial charge in [-0.05, 0) is 24.6 Å². The maximum atomic E-state index is 13.1. The number of esters is 4. The van der Waals surface area contributed by atoms with E-state index >= 15 is 0 Å². The molecule has 10 atom stereocenters. The number of fused-ring (bicyclic) bond motifs is 2. The topological polar surface area (TPSA) is 220 Å². The van der Waals surface area contributed by atoms with Crippen molar-refractivity contribution < 1.29 is 75.1 Å². The molecule has 3 aliphatic heterocycles. The molecule has 18 nitrogen and oxygen atoms in total. The maximum Gasteiger partial charge on any atom is 0.349 e. The molecule has 1 aromatic heterocycles. The highest BCUT2D eigenvalue weighted by molar-refractivity contribution is 6.73. The van der Waals surface area contributed by atoms with Gasteiger partial charge in [-0.15, -0.1) is 0 Å². The monoisotopic (exact) mass is 849 g/mol. The molecule has 4 heterocycles. The van der Waals surface area contributed by atoms with Crippen LogP contribution in [0.1, 0.15) is 81.7 Å². The first-order chi connectivity index (χ1) is 27.4. The normalized spacial score (nSPS) is 29.4. The van der Waals surface area contributed by atoms with Crippen LogP contribution in [0.4, 0.5) is 0 Å². The Morgan fingerprint density at radius 1 is 0.780 bits per heavy atom. The summed E-state index contributed by atoms with van der Waals surface area (Å²) in [4.78, 5) is 75.1. The lowest BCUT2D eigenvalue weighted by molar-refractivity contribution is -0.344. The molecule has 0 bridgehead atoms. The van der Waals surface area contributed by atoms with Crippen molar-refractivity contribution in [2.24, 2.45) is 0 Å². The van der Waals surface area contributed by atoms with E-state index in [0.717, 1.165) is 27.7 Å². The Kier molecular flexibility index (Phi) is 13.7. The molecule has 3 fully saturated rings. The second kappa shape index (κ2) is 17.7. The lowest BCUT2D eigenvalue weighted by Gasteiger charge is -2.58. The van der Waals surface area contributed by atoms with Gasteiger partial charge in [-0.3, -0.25) is 24.0 Å². The van der Waals surface area contributed by atoms with Crippen molar-refractivity contribution in [2.75, 3.05) is 13.2 Å². The van der Waals surface area contributed by atoms with Gasteiger partial charge in [0.15, 0.2) is 24.6 Å². The first-order valence-electron chi connectivity index (χ1n) is 19.3. The van der Waals surface area contributed by atoms with Gasteiger partial charge in [0.2, 0.25) is 12.2 Å². The van der Waals surface area contributed by atoms with E-state index in [4.69, 9.17) is 51.2 Å². The van der Waals surface area contributed by atoms with Crippen LogP contribution in [0.5, 0.6) is 5.75 Å². The summed E-state index contributed by atoms with van der Waals surface area (Å²) in [5.41, 5.74) is 0.383. The summed E-state index contributed by atoms with van der Waals surface area (Å²) in [6, 6.07) is 5.05. The average Bonchev–Trinajstić information content (AvgIpc) is 3.09. The second-order valence-electron chi connectivity index (χ2n) is 17.0. The number of carbonyl (C=O) groups is 5. The Hall–Kier alpha value is -4.40. The van der Waals surface area contributed by atoms with Gasteiger partial charge in [0.1, 0.15) is 48.4 Å². The number of rotatable bonds is 10. The molecular formula is C40H55NO17Si. The van der Waals surface area contributed by atoms with Crippen LogP contribution in [-0.2, 0) is 66.0 Å². The highest BCUT2D eigenvalue weighted by Gasteiger charge is 2.66. The summed E-state index contributed by atoms with van der Waals surface area (Å²) in [7, 11) is -3.32. The van der Waals surface area contributed by atoms with E-state index in [9.17, 15) is 28.8 Å². The zero-order valence-corrected chi connectivity index (χ0v) is 36.4. The molecule has 0 spiro atoms. The molecule has 19 heteroatoms. The van der Waals surface area contributed by atoms with Crippen LogP contribution in [0, 0.1) is 6.92 Å². The first-order valence-corrected chi connectivity index (χ1v) is 21.1. The minimum absolute atomic E-state index is 0.0162. The van der Waals surface area contributed by atoms with E-state index in [1.807, 2.05) is 41.5 Å². The van der Waals surface area contributed by atoms with Gasteiger partial charge in [-0.25, -0.2) is 4.79 Å². The fourth-order valence-corrected chi connectivity index (χ4v) is 13.1. The van der Waals surface area contributed by atoms with Crippen molar-refractivity contribution in [3.8, 4) is 5.75 Å². The van der Waals surface area contributed by atoms with Crippen LogP contribution in [0.3, 0.4) is 0 Å². The Labute approximate surface area is 342 Å². The molecule has 3 saturated heterocycles. The molecule has 3 aliphatic rings. The number of hydrogen-bond acceptors (Lipinski definition) is 17. The number of hydrogen-bond donors (Lipinski definition) is 1. The Bertz CT molecular complexity index is 1960. The summed E-state index contributed by atoms with van der Waals surface area (Å²) >= 11 is 0. The molecule has 0 radical (unpaired) electrons. The number of aryl methyl sites for hydroxylation is 1. The summed E-state index contributed by atoms with van der Waals surface area (Å²) in [5, 5.41) is 2.50. The fraction of sp³-hybridized carbons (Fsp3) is 0.650. The molecule has 1 aromatic carbocycles. The second-order valence-corrected chi connectivity index (χ2v) is 21.7. The molecule has 1 N–H and O–H groups in total. The van der Waals surface area contributed by atoms with Crippen molar-refractivity contribution in [2.45, 2.75) is 155 Å². The molecular weight excluding hydrogens is 795 g/mol. The van der Waals surface area contributed by atoms with E-state index in [1.54, 1.807) is 19.1 Å². The summed E-state index contributed by atoms with van der Waals surface area (Å²) in [6.07, 6.45) is -12.0. The van der Waals surface area contributed by atoms with E-state index in [0.29, 0.717) is 10.9 Å². The number of benzene rings is 1. The third-order valence-corrected chi connectivity index (χ3v) is 15.3. The van der Waals surface area contributed by atoms with Crippen molar-refractivity contribution in [1.29, 1.82) is 0 Å².